The van der Waals surface area contributed by atoms with Crippen LogP contribution in [0.15, 0.2) is 77.7 Å². The fourth-order valence-corrected chi connectivity index (χ4v) is 5.53. The van der Waals surface area contributed by atoms with Crippen molar-refractivity contribution < 1.29 is 22.7 Å². The summed E-state index contributed by atoms with van der Waals surface area (Å²) in [6.07, 6.45) is 0. The molecule has 0 spiro atoms. The number of benzene rings is 3. The predicted molar refractivity (Wildman–Crippen MR) is 154 cm³/mol. The van der Waals surface area contributed by atoms with Crippen LogP contribution in [0.4, 0.5) is 5.69 Å². The van der Waals surface area contributed by atoms with Gasteiger partial charge in [0.25, 0.3) is 10.0 Å². The van der Waals surface area contributed by atoms with E-state index < -0.39 is 28.5 Å². The molecule has 0 unspecified atom stereocenters. The Morgan fingerprint density at radius 3 is 2.13 bits per heavy atom. The van der Waals surface area contributed by atoms with Crippen molar-refractivity contribution in [3.63, 3.8) is 0 Å². The molecule has 0 fully saturated rings. The Labute approximate surface area is 239 Å². The highest BCUT2D eigenvalue weighted by atomic mass is 35.5. The molecule has 0 aliphatic heterocycles. The smallest absolute Gasteiger partial charge is 0.264 e. The number of halogens is 2. The Morgan fingerprint density at radius 1 is 0.923 bits per heavy atom. The van der Waals surface area contributed by atoms with E-state index in [-0.39, 0.29) is 29.1 Å². The highest BCUT2D eigenvalue weighted by Crippen LogP contribution is 2.27. The number of amides is 2. The van der Waals surface area contributed by atoms with Gasteiger partial charge in [-0.2, -0.15) is 0 Å². The lowest BCUT2D eigenvalue weighted by Gasteiger charge is -2.32. The predicted octanol–water partition coefficient (Wildman–Crippen LogP) is 5.14. The third kappa shape index (κ3) is 7.88. The summed E-state index contributed by atoms with van der Waals surface area (Å²) in [6.45, 7) is 4.75. The monoisotopic (exact) mass is 591 g/mol. The first-order chi connectivity index (χ1) is 18.4. The van der Waals surface area contributed by atoms with Crippen LogP contribution < -0.4 is 14.4 Å². The quantitative estimate of drug-likeness (QED) is 0.333. The van der Waals surface area contributed by atoms with Crippen molar-refractivity contribution >= 4 is 50.7 Å². The molecule has 0 aliphatic rings. The van der Waals surface area contributed by atoms with Gasteiger partial charge >= 0.3 is 0 Å². The Hall–Kier alpha value is -3.27. The summed E-state index contributed by atoms with van der Waals surface area (Å²) in [7, 11) is -2.66. The maximum absolute atomic E-state index is 13.9. The van der Waals surface area contributed by atoms with Crippen LogP contribution >= 0.6 is 23.2 Å². The van der Waals surface area contributed by atoms with Crippen molar-refractivity contribution in [1.29, 1.82) is 0 Å². The minimum atomic E-state index is -4.21. The molecule has 0 heterocycles. The van der Waals surface area contributed by atoms with Crippen LogP contribution in [-0.2, 0) is 26.2 Å². The van der Waals surface area contributed by atoms with E-state index >= 15 is 0 Å². The number of hydrogen-bond acceptors (Lipinski definition) is 5. The molecule has 0 saturated carbocycles. The van der Waals surface area contributed by atoms with Gasteiger partial charge in [-0.3, -0.25) is 13.9 Å². The molecule has 3 aromatic rings. The molecule has 2 amide bonds. The maximum atomic E-state index is 13.9. The molecular formula is C28H31Cl2N3O5S. The van der Waals surface area contributed by atoms with Crippen LogP contribution in [0.5, 0.6) is 5.75 Å². The second-order valence-corrected chi connectivity index (χ2v) is 11.9. The molecule has 0 bridgehead atoms. The van der Waals surface area contributed by atoms with Gasteiger partial charge in [-0.05, 0) is 80.9 Å². The van der Waals surface area contributed by atoms with Gasteiger partial charge < -0.3 is 15.0 Å². The van der Waals surface area contributed by atoms with E-state index in [1.54, 1.807) is 56.5 Å². The van der Waals surface area contributed by atoms with Crippen molar-refractivity contribution in [2.24, 2.45) is 0 Å². The number of nitrogens with zero attached hydrogens (tertiary/aromatic N) is 2. The van der Waals surface area contributed by atoms with Gasteiger partial charge in [-0.15, -0.1) is 0 Å². The summed E-state index contributed by atoms with van der Waals surface area (Å²) >= 11 is 12.1. The summed E-state index contributed by atoms with van der Waals surface area (Å²) in [5.74, 6) is -0.292. The number of nitrogens with one attached hydrogen (secondary N) is 1. The van der Waals surface area contributed by atoms with E-state index in [0.29, 0.717) is 15.8 Å². The summed E-state index contributed by atoms with van der Waals surface area (Å²) in [6, 6.07) is 17.9. The normalized spacial score (nSPS) is 12.1. The van der Waals surface area contributed by atoms with Gasteiger partial charge in [0.2, 0.25) is 11.8 Å². The van der Waals surface area contributed by atoms with Crippen LogP contribution in [0.3, 0.4) is 0 Å². The van der Waals surface area contributed by atoms with Crippen molar-refractivity contribution in [3.05, 3.63) is 88.4 Å². The number of anilines is 1. The van der Waals surface area contributed by atoms with Crippen LogP contribution in [0, 0.1) is 0 Å². The zero-order valence-electron chi connectivity index (χ0n) is 22.1. The van der Waals surface area contributed by atoms with Crippen LogP contribution in [-0.4, -0.2) is 50.9 Å². The fourth-order valence-electron chi connectivity index (χ4n) is 3.81. The van der Waals surface area contributed by atoms with Crippen molar-refractivity contribution in [3.8, 4) is 5.75 Å². The summed E-state index contributed by atoms with van der Waals surface area (Å²) in [5.41, 5.74) is 0.942. The maximum Gasteiger partial charge on any atom is 0.264 e. The van der Waals surface area contributed by atoms with Gasteiger partial charge in [0.05, 0.1) is 17.7 Å². The topological polar surface area (TPSA) is 96.0 Å². The zero-order valence-corrected chi connectivity index (χ0v) is 24.4. The molecule has 0 aromatic heterocycles. The molecule has 0 saturated heterocycles. The lowest BCUT2D eigenvalue weighted by atomic mass is 10.1. The molecule has 11 heteroatoms. The van der Waals surface area contributed by atoms with Crippen molar-refractivity contribution in [2.45, 2.75) is 44.3 Å². The molecular weight excluding hydrogens is 561 g/mol. The van der Waals surface area contributed by atoms with Crippen LogP contribution in [0.1, 0.15) is 26.3 Å². The Morgan fingerprint density at radius 2 is 1.56 bits per heavy atom. The van der Waals surface area contributed by atoms with Gasteiger partial charge in [-0.25, -0.2) is 8.42 Å². The van der Waals surface area contributed by atoms with Gasteiger partial charge in [0.15, 0.2) is 0 Å². The Kier molecular flexibility index (Phi) is 10.2. The number of ether oxygens (including phenoxy) is 1. The van der Waals surface area contributed by atoms with E-state index in [0.717, 1.165) is 9.87 Å². The average molecular weight is 593 g/mol. The third-order valence-electron chi connectivity index (χ3n) is 5.89. The fraction of sp³-hybridized carbons (Fsp3) is 0.286. The first-order valence-corrected chi connectivity index (χ1v) is 14.4. The SMILES string of the molecule is COc1ccc(CN(C(=O)CN(c2cccc(Cl)c2)S(=O)(=O)c2ccc(Cl)cc2)[C@H](C)C(=O)NC(C)C)cc1. The van der Waals surface area contributed by atoms with Gasteiger partial charge in [-0.1, -0.05) is 41.4 Å². The highest BCUT2D eigenvalue weighted by Gasteiger charge is 2.32. The van der Waals surface area contributed by atoms with E-state index in [9.17, 15) is 18.0 Å². The Balaban J connectivity index is 2.02. The van der Waals surface area contributed by atoms with E-state index in [2.05, 4.69) is 5.32 Å². The summed E-state index contributed by atoms with van der Waals surface area (Å²) < 4.78 is 33.7. The second-order valence-electron chi connectivity index (χ2n) is 9.15. The first kappa shape index (κ1) is 30.3. The first-order valence-electron chi connectivity index (χ1n) is 12.2. The number of methoxy groups -OCH3 is 1. The molecule has 39 heavy (non-hydrogen) atoms. The van der Waals surface area contributed by atoms with E-state index in [4.69, 9.17) is 27.9 Å². The summed E-state index contributed by atoms with van der Waals surface area (Å²) in [5, 5.41) is 3.49. The number of hydrogen-bond donors (Lipinski definition) is 1. The molecule has 8 nitrogen and oxygen atoms in total. The zero-order chi connectivity index (χ0) is 28.7. The number of carbonyl (C=O) groups excluding carboxylic acids is 2. The second kappa shape index (κ2) is 13.2. The van der Waals surface area contributed by atoms with E-state index in [1.807, 2.05) is 13.8 Å². The number of carbonyl (C=O) groups is 2. The van der Waals surface area contributed by atoms with Gasteiger partial charge in [0.1, 0.15) is 18.3 Å². The molecule has 1 atom stereocenters. The number of rotatable bonds is 11. The van der Waals surface area contributed by atoms with Crippen LogP contribution in [0.25, 0.3) is 0 Å². The molecule has 3 aromatic carbocycles. The van der Waals surface area contributed by atoms with Crippen LogP contribution in [0.2, 0.25) is 10.0 Å². The Bertz CT molecular complexity index is 1400. The lowest BCUT2D eigenvalue weighted by Crippen LogP contribution is -2.52. The van der Waals surface area contributed by atoms with Gasteiger partial charge in [0, 0.05) is 22.6 Å². The van der Waals surface area contributed by atoms with E-state index in [1.165, 1.54) is 35.2 Å². The standard InChI is InChI=1S/C28H31Cl2N3O5S/c1-19(2)31-28(35)20(3)32(17-21-8-12-25(38-4)13-9-21)27(34)18-33(24-7-5-6-23(30)16-24)39(36,37)26-14-10-22(29)11-15-26/h5-16,19-20H,17-18H2,1-4H3,(H,31,35)/t20-/m1/s1. The average Bonchev–Trinajstić information content (AvgIpc) is 2.90. The molecule has 3 rings (SSSR count). The molecule has 1 N–H and O–H groups in total. The third-order valence-corrected chi connectivity index (χ3v) is 8.16. The number of sulfonamides is 1. The molecule has 0 radical (unpaired) electrons. The highest BCUT2D eigenvalue weighted by molar-refractivity contribution is 7.92. The minimum Gasteiger partial charge on any atom is -0.497 e. The largest absolute Gasteiger partial charge is 0.497 e. The molecule has 0 aliphatic carbocycles. The van der Waals surface area contributed by atoms with Crippen molar-refractivity contribution in [1.82, 2.24) is 10.2 Å². The lowest BCUT2D eigenvalue weighted by molar-refractivity contribution is -0.139. The van der Waals surface area contributed by atoms with Crippen molar-refractivity contribution in [2.75, 3.05) is 18.0 Å². The molecule has 208 valence electrons. The minimum absolute atomic E-state index is 0.0491. The summed E-state index contributed by atoms with van der Waals surface area (Å²) in [4.78, 5) is 28.1.